The average Bonchev–Trinajstić information content (AvgIpc) is 3.62. The normalized spacial score (nSPS) is 13.6. The smallest absolute Gasteiger partial charge is 0.0465 e. The number of hydrogen-bond acceptors (Lipinski definition) is 2. The van der Waals surface area contributed by atoms with Gasteiger partial charge in [-0.15, -0.1) is 0 Å². The van der Waals surface area contributed by atoms with Crippen LogP contribution >= 0.6 is 31.9 Å². The van der Waals surface area contributed by atoms with Crippen LogP contribution in [0.4, 0.5) is 34.1 Å². The molecular formula is C54H44Br2N2. The number of para-hydroxylation sites is 2. The van der Waals surface area contributed by atoms with E-state index < -0.39 is 0 Å². The fraction of sp³-hybridized carbons (Fsp3) is 0.111. The first-order chi connectivity index (χ1) is 28.1. The third-order valence-corrected chi connectivity index (χ3v) is 12.9. The molecule has 4 heteroatoms. The molecule has 284 valence electrons. The highest BCUT2D eigenvalue weighted by molar-refractivity contribution is 9.10. The van der Waals surface area contributed by atoms with Gasteiger partial charge in [-0.25, -0.2) is 0 Å². The maximum atomic E-state index is 3.56. The maximum absolute atomic E-state index is 3.56. The van der Waals surface area contributed by atoms with Crippen LogP contribution in [0.1, 0.15) is 49.9 Å². The average molecular weight is 881 g/mol. The van der Waals surface area contributed by atoms with Gasteiger partial charge in [-0.3, -0.25) is 0 Å². The molecule has 0 unspecified atom stereocenters. The summed E-state index contributed by atoms with van der Waals surface area (Å²) in [6, 6.07) is 69.5. The standard InChI is InChI=1S/2C27H22BrN/c2*1-27(2)25-11-7-6-10-23(25)24-17-16-22(18-26(24)27)29(20-8-4-3-5-9-20)21-14-12-19(28)13-15-21/h2*3-18H,1-2H3. The van der Waals surface area contributed by atoms with Gasteiger partial charge in [0, 0.05) is 53.9 Å². The van der Waals surface area contributed by atoms with E-state index in [1.165, 1.54) is 55.9 Å². The Hall–Kier alpha value is -5.68. The van der Waals surface area contributed by atoms with Crippen LogP contribution in [0.3, 0.4) is 0 Å². The van der Waals surface area contributed by atoms with Crippen LogP contribution in [0, 0.1) is 0 Å². The molecule has 10 rings (SSSR count). The summed E-state index contributed by atoms with van der Waals surface area (Å²) in [6.07, 6.45) is 0. The molecule has 0 saturated carbocycles. The van der Waals surface area contributed by atoms with E-state index in [0.717, 1.165) is 31.7 Å². The summed E-state index contributed by atoms with van der Waals surface area (Å²) < 4.78 is 2.17. The van der Waals surface area contributed by atoms with E-state index in [2.05, 4.69) is 263 Å². The number of rotatable bonds is 6. The molecule has 8 aromatic rings. The van der Waals surface area contributed by atoms with Crippen LogP contribution in [0.15, 0.2) is 203 Å². The summed E-state index contributed by atoms with van der Waals surface area (Å²) in [5.74, 6) is 0. The second-order valence-electron chi connectivity index (χ2n) is 16.1. The molecule has 8 aromatic carbocycles. The molecule has 0 atom stereocenters. The van der Waals surface area contributed by atoms with Crippen molar-refractivity contribution in [1.29, 1.82) is 0 Å². The molecule has 2 aliphatic carbocycles. The number of halogens is 2. The van der Waals surface area contributed by atoms with Crippen molar-refractivity contribution in [2.75, 3.05) is 9.80 Å². The first-order valence-corrected chi connectivity index (χ1v) is 21.4. The monoisotopic (exact) mass is 878 g/mol. The van der Waals surface area contributed by atoms with E-state index >= 15 is 0 Å². The van der Waals surface area contributed by atoms with Gasteiger partial charge in [0.25, 0.3) is 0 Å². The van der Waals surface area contributed by atoms with Crippen molar-refractivity contribution in [1.82, 2.24) is 0 Å². The van der Waals surface area contributed by atoms with E-state index in [0.29, 0.717) is 0 Å². The summed E-state index contributed by atoms with van der Waals surface area (Å²) in [5, 5.41) is 0. The van der Waals surface area contributed by atoms with Crippen LogP contribution in [0.25, 0.3) is 22.3 Å². The van der Waals surface area contributed by atoms with Gasteiger partial charge in [0.2, 0.25) is 0 Å². The van der Waals surface area contributed by atoms with Crippen molar-refractivity contribution < 1.29 is 0 Å². The Morgan fingerprint density at radius 1 is 0.293 bits per heavy atom. The lowest BCUT2D eigenvalue weighted by Crippen LogP contribution is -2.16. The molecule has 0 amide bonds. The lowest BCUT2D eigenvalue weighted by molar-refractivity contribution is 0.660. The van der Waals surface area contributed by atoms with Gasteiger partial charge in [-0.2, -0.15) is 0 Å². The Labute approximate surface area is 359 Å². The van der Waals surface area contributed by atoms with Gasteiger partial charge in [0.15, 0.2) is 0 Å². The maximum Gasteiger partial charge on any atom is 0.0465 e. The second kappa shape index (κ2) is 15.2. The van der Waals surface area contributed by atoms with Gasteiger partial charge in [-0.05, 0) is 142 Å². The zero-order valence-corrected chi connectivity index (χ0v) is 36.3. The molecule has 0 radical (unpaired) electrons. The number of anilines is 6. The summed E-state index contributed by atoms with van der Waals surface area (Å²) in [6.45, 7) is 9.31. The number of nitrogens with zero attached hydrogens (tertiary/aromatic N) is 2. The SMILES string of the molecule is CC1(C)c2ccccc2-c2ccc(N(c3ccccc3)c3ccc(Br)cc3)cc21.CC1(C)c2ccccc2-c2ccc(N(c3ccccc3)c3ccc(Br)cc3)cc21. The van der Waals surface area contributed by atoms with Crippen molar-refractivity contribution in [3.8, 4) is 22.3 Å². The highest BCUT2D eigenvalue weighted by atomic mass is 79.9. The van der Waals surface area contributed by atoms with Crippen LogP contribution in [0.2, 0.25) is 0 Å². The van der Waals surface area contributed by atoms with Crippen molar-refractivity contribution in [3.05, 3.63) is 225 Å². The molecule has 2 aliphatic rings. The fourth-order valence-corrected chi connectivity index (χ4v) is 9.42. The molecule has 0 N–H and O–H groups in total. The second-order valence-corrected chi connectivity index (χ2v) is 17.9. The van der Waals surface area contributed by atoms with Crippen LogP contribution in [0.5, 0.6) is 0 Å². The van der Waals surface area contributed by atoms with E-state index in [9.17, 15) is 0 Å². The summed E-state index contributed by atoms with van der Waals surface area (Å²) in [5.41, 5.74) is 17.9. The van der Waals surface area contributed by atoms with Crippen molar-refractivity contribution in [3.63, 3.8) is 0 Å². The third kappa shape index (κ3) is 6.78. The van der Waals surface area contributed by atoms with Crippen molar-refractivity contribution in [2.24, 2.45) is 0 Å². The molecule has 0 aliphatic heterocycles. The predicted octanol–water partition coefficient (Wildman–Crippen LogP) is 16.5. The topological polar surface area (TPSA) is 6.48 Å². The van der Waals surface area contributed by atoms with Crippen LogP contribution < -0.4 is 9.80 Å². The summed E-state index contributed by atoms with van der Waals surface area (Å²) in [7, 11) is 0. The van der Waals surface area contributed by atoms with Gasteiger partial charge >= 0.3 is 0 Å². The third-order valence-electron chi connectivity index (χ3n) is 11.8. The highest BCUT2D eigenvalue weighted by Gasteiger charge is 2.37. The van der Waals surface area contributed by atoms with E-state index in [1.807, 2.05) is 0 Å². The van der Waals surface area contributed by atoms with Gasteiger partial charge in [0.05, 0.1) is 0 Å². The van der Waals surface area contributed by atoms with E-state index in [-0.39, 0.29) is 10.8 Å². The molecule has 58 heavy (non-hydrogen) atoms. The van der Waals surface area contributed by atoms with Gasteiger partial charge in [-0.1, -0.05) is 157 Å². The molecule has 0 fully saturated rings. The fourth-order valence-electron chi connectivity index (χ4n) is 8.89. The molecule has 0 saturated heterocycles. The lowest BCUT2D eigenvalue weighted by atomic mass is 9.82. The van der Waals surface area contributed by atoms with Crippen LogP contribution in [-0.4, -0.2) is 0 Å². The Morgan fingerprint density at radius 3 is 0.966 bits per heavy atom. The number of benzene rings is 8. The Morgan fingerprint density at radius 2 is 0.586 bits per heavy atom. The lowest BCUT2D eigenvalue weighted by Gasteiger charge is -2.28. The highest BCUT2D eigenvalue weighted by Crippen LogP contribution is 2.52. The Balaban J connectivity index is 0.000000150. The van der Waals surface area contributed by atoms with E-state index in [4.69, 9.17) is 0 Å². The molecule has 0 bridgehead atoms. The minimum absolute atomic E-state index is 0.00991. The molecule has 2 nitrogen and oxygen atoms in total. The zero-order chi connectivity index (χ0) is 40.0. The Kier molecular flexibility index (Phi) is 9.96. The first-order valence-electron chi connectivity index (χ1n) is 19.8. The minimum atomic E-state index is -0.00991. The Bertz CT molecular complexity index is 2550. The quantitative estimate of drug-likeness (QED) is 0.164. The number of fused-ring (bicyclic) bond motifs is 6. The molecule has 0 aromatic heterocycles. The first kappa shape index (κ1) is 37.9. The van der Waals surface area contributed by atoms with Crippen molar-refractivity contribution >= 4 is 66.0 Å². The predicted molar refractivity (Wildman–Crippen MR) is 253 cm³/mol. The molecule has 0 spiro atoms. The van der Waals surface area contributed by atoms with Gasteiger partial charge in [0.1, 0.15) is 0 Å². The van der Waals surface area contributed by atoms with E-state index in [1.54, 1.807) is 0 Å². The molecule has 0 heterocycles. The summed E-state index contributed by atoms with van der Waals surface area (Å²) >= 11 is 7.12. The number of hydrogen-bond donors (Lipinski definition) is 0. The largest absolute Gasteiger partial charge is 0.310 e. The minimum Gasteiger partial charge on any atom is -0.310 e. The molecular weight excluding hydrogens is 836 g/mol. The summed E-state index contributed by atoms with van der Waals surface area (Å²) in [4.78, 5) is 4.65. The van der Waals surface area contributed by atoms with Gasteiger partial charge < -0.3 is 9.80 Å². The van der Waals surface area contributed by atoms with Crippen LogP contribution in [-0.2, 0) is 10.8 Å². The zero-order valence-electron chi connectivity index (χ0n) is 33.1. The van der Waals surface area contributed by atoms with Crippen molar-refractivity contribution in [2.45, 2.75) is 38.5 Å².